The highest BCUT2D eigenvalue weighted by Crippen LogP contribution is 2.22. The van der Waals surface area contributed by atoms with Gasteiger partial charge in [0.05, 0.1) is 19.7 Å². The second-order valence-corrected chi connectivity index (χ2v) is 9.41. The van der Waals surface area contributed by atoms with Crippen LogP contribution >= 0.6 is 23.6 Å². The van der Waals surface area contributed by atoms with Crippen LogP contribution in [0, 0.1) is 13.8 Å². The largest absolute Gasteiger partial charge is 0.494 e. The maximum absolute atomic E-state index is 12.9. The molecule has 4 rings (SSSR count). The molecule has 0 spiro atoms. The van der Waals surface area contributed by atoms with Crippen molar-refractivity contribution in [1.29, 1.82) is 0 Å². The van der Waals surface area contributed by atoms with Crippen molar-refractivity contribution < 1.29 is 4.74 Å². The lowest BCUT2D eigenvalue weighted by atomic mass is 10.1. The van der Waals surface area contributed by atoms with E-state index in [0.717, 1.165) is 33.5 Å². The molecule has 2 heterocycles. The first-order valence-corrected chi connectivity index (χ1v) is 12.2. The molecule has 7 heteroatoms. The molecule has 0 bridgehead atoms. The van der Waals surface area contributed by atoms with Crippen molar-refractivity contribution in [3.05, 3.63) is 91.9 Å². The molecule has 2 N–H and O–H groups in total. The fourth-order valence-electron chi connectivity index (χ4n) is 3.66. The van der Waals surface area contributed by atoms with Crippen LogP contribution in [0.4, 0.5) is 5.69 Å². The van der Waals surface area contributed by atoms with Gasteiger partial charge in [-0.2, -0.15) is 0 Å². The van der Waals surface area contributed by atoms with E-state index in [9.17, 15) is 4.79 Å². The third kappa shape index (κ3) is 5.61. The summed E-state index contributed by atoms with van der Waals surface area (Å²) >= 11 is 7.49. The predicted octanol–water partition coefficient (Wildman–Crippen LogP) is 6.00. The molecule has 5 nitrogen and oxygen atoms in total. The number of aromatic amines is 1. The number of H-pyrrole nitrogens is 1. The second-order valence-electron chi connectivity index (χ2n) is 7.99. The van der Waals surface area contributed by atoms with Crippen LogP contribution in [-0.2, 0) is 13.1 Å². The number of aromatic nitrogens is 1. The number of fused-ring (bicyclic) bond motifs is 1. The molecule has 0 amide bonds. The van der Waals surface area contributed by atoms with Crippen LogP contribution in [0.5, 0.6) is 5.75 Å². The van der Waals surface area contributed by atoms with E-state index >= 15 is 0 Å². The fraction of sp³-hybridized carbons (Fsp3) is 0.231. The molecule has 0 aliphatic carbocycles. The third-order valence-corrected chi connectivity index (χ3v) is 6.63. The van der Waals surface area contributed by atoms with E-state index in [1.54, 1.807) is 11.3 Å². The van der Waals surface area contributed by atoms with Crippen LogP contribution in [0.2, 0.25) is 0 Å². The molecule has 0 radical (unpaired) electrons. The van der Waals surface area contributed by atoms with E-state index in [2.05, 4.69) is 48.4 Å². The summed E-state index contributed by atoms with van der Waals surface area (Å²) in [6.45, 7) is 7.66. The molecule has 33 heavy (non-hydrogen) atoms. The zero-order valence-electron chi connectivity index (χ0n) is 19.0. The summed E-state index contributed by atoms with van der Waals surface area (Å²) in [4.78, 5) is 19.1. The Kier molecular flexibility index (Phi) is 7.11. The maximum Gasteiger partial charge on any atom is 0.253 e. The number of nitrogens with one attached hydrogen (secondary N) is 2. The Hall–Kier alpha value is -3.16. The van der Waals surface area contributed by atoms with Crippen LogP contribution < -0.4 is 15.6 Å². The number of pyridine rings is 1. The van der Waals surface area contributed by atoms with Crippen molar-refractivity contribution in [3.8, 4) is 5.75 Å². The normalized spacial score (nSPS) is 10.9. The first-order valence-electron chi connectivity index (χ1n) is 10.9. The molecule has 0 saturated heterocycles. The van der Waals surface area contributed by atoms with Gasteiger partial charge in [-0.15, -0.1) is 11.3 Å². The Morgan fingerprint density at radius 1 is 1.12 bits per heavy atom. The Bertz CT molecular complexity index is 1330. The van der Waals surface area contributed by atoms with Crippen molar-refractivity contribution in [2.45, 2.75) is 33.9 Å². The average molecular weight is 478 g/mol. The molecule has 4 aromatic rings. The van der Waals surface area contributed by atoms with E-state index in [1.165, 1.54) is 4.88 Å². The maximum atomic E-state index is 12.9. The minimum atomic E-state index is -0.114. The monoisotopic (exact) mass is 477 g/mol. The predicted molar refractivity (Wildman–Crippen MR) is 141 cm³/mol. The third-order valence-electron chi connectivity index (χ3n) is 5.41. The minimum absolute atomic E-state index is 0.114. The van der Waals surface area contributed by atoms with Gasteiger partial charge in [0.25, 0.3) is 5.56 Å². The van der Waals surface area contributed by atoms with E-state index < -0.39 is 0 Å². The molecule has 0 unspecified atom stereocenters. The average Bonchev–Trinajstić information content (AvgIpc) is 3.30. The first-order chi connectivity index (χ1) is 15.9. The summed E-state index contributed by atoms with van der Waals surface area (Å²) in [6, 6.07) is 18.0. The summed E-state index contributed by atoms with van der Waals surface area (Å²) in [7, 11) is 0. The molecule has 170 valence electrons. The summed E-state index contributed by atoms with van der Waals surface area (Å²) in [5.41, 5.74) is 4.58. The number of hydrogen-bond acceptors (Lipinski definition) is 4. The molecule has 2 aromatic carbocycles. The van der Waals surface area contributed by atoms with Crippen molar-refractivity contribution in [3.63, 3.8) is 0 Å². The number of nitrogens with zero attached hydrogens (tertiary/aromatic N) is 1. The number of ether oxygens (including phenoxy) is 1. The quantitative estimate of drug-likeness (QED) is 0.320. The van der Waals surface area contributed by atoms with Gasteiger partial charge < -0.3 is 19.9 Å². The van der Waals surface area contributed by atoms with E-state index in [1.807, 2.05) is 47.5 Å². The molecule has 0 aliphatic rings. The Morgan fingerprint density at radius 3 is 2.73 bits per heavy atom. The van der Waals surface area contributed by atoms with Gasteiger partial charge in [0.15, 0.2) is 5.11 Å². The van der Waals surface area contributed by atoms with Crippen LogP contribution in [-0.4, -0.2) is 21.6 Å². The van der Waals surface area contributed by atoms with Gasteiger partial charge in [-0.25, -0.2) is 0 Å². The molecule has 0 aliphatic heterocycles. The van der Waals surface area contributed by atoms with Gasteiger partial charge in [-0.1, -0.05) is 18.2 Å². The fourth-order valence-corrected chi connectivity index (χ4v) is 4.62. The highest BCUT2D eigenvalue weighted by molar-refractivity contribution is 7.80. The summed E-state index contributed by atoms with van der Waals surface area (Å²) in [5.74, 6) is 0.783. The van der Waals surface area contributed by atoms with E-state index in [4.69, 9.17) is 17.0 Å². The van der Waals surface area contributed by atoms with Gasteiger partial charge in [-0.3, -0.25) is 4.79 Å². The van der Waals surface area contributed by atoms with Gasteiger partial charge >= 0.3 is 0 Å². The van der Waals surface area contributed by atoms with Crippen molar-refractivity contribution in [2.75, 3.05) is 11.9 Å². The SMILES string of the molecule is CCOc1ccc2[nH]c(=O)c(CN(Cc3cccs3)C(=S)Nc3cc(C)ccc3C)cc2c1. The Morgan fingerprint density at radius 2 is 1.97 bits per heavy atom. The van der Waals surface area contributed by atoms with Crippen LogP contribution in [0.15, 0.2) is 64.8 Å². The van der Waals surface area contributed by atoms with E-state index in [0.29, 0.717) is 30.4 Å². The number of thiocarbonyl (C=S) groups is 1. The number of hydrogen-bond donors (Lipinski definition) is 2. The number of aryl methyl sites for hydroxylation is 2. The number of anilines is 1. The zero-order valence-corrected chi connectivity index (χ0v) is 20.6. The number of benzene rings is 2. The lowest BCUT2D eigenvalue weighted by Crippen LogP contribution is -2.35. The van der Waals surface area contributed by atoms with E-state index in [-0.39, 0.29) is 5.56 Å². The summed E-state index contributed by atoms with van der Waals surface area (Å²) in [5, 5.41) is 6.96. The molecule has 2 aromatic heterocycles. The van der Waals surface area contributed by atoms with Gasteiger partial charge in [0.2, 0.25) is 0 Å². The van der Waals surface area contributed by atoms with Crippen molar-refractivity contribution in [1.82, 2.24) is 9.88 Å². The molecule has 0 saturated carbocycles. The lowest BCUT2D eigenvalue weighted by molar-refractivity contribution is 0.340. The van der Waals surface area contributed by atoms with Crippen LogP contribution in [0.25, 0.3) is 10.9 Å². The smallest absolute Gasteiger partial charge is 0.253 e. The highest BCUT2D eigenvalue weighted by Gasteiger charge is 2.16. The lowest BCUT2D eigenvalue weighted by Gasteiger charge is -2.26. The van der Waals surface area contributed by atoms with Crippen molar-refractivity contribution >= 4 is 45.3 Å². The molecule has 0 atom stereocenters. The molecular formula is C26H27N3O2S2. The Labute approximate surface area is 203 Å². The van der Waals surface area contributed by atoms with Crippen LogP contribution in [0.3, 0.4) is 0 Å². The number of rotatable bonds is 7. The zero-order chi connectivity index (χ0) is 23.4. The van der Waals surface area contributed by atoms with Gasteiger partial charge in [-0.05, 0) is 85.9 Å². The topological polar surface area (TPSA) is 57.4 Å². The summed E-state index contributed by atoms with van der Waals surface area (Å²) in [6.07, 6.45) is 0. The summed E-state index contributed by atoms with van der Waals surface area (Å²) < 4.78 is 5.63. The number of thiophene rings is 1. The van der Waals surface area contributed by atoms with Gasteiger partial charge in [0, 0.05) is 27.0 Å². The second kappa shape index (κ2) is 10.2. The molecule has 0 fully saturated rings. The minimum Gasteiger partial charge on any atom is -0.494 e. The highest BCUT2D eigenvalue weighted by atomic mass is 32.1. The standard InChI is InChI=1S/C26H27N3O2S2/c1-4-31-21-9-10-23-19(14-21)13-20(25(30)27-23)15-29(16-22-6-5-11-33-22)26(32)28-24-12-17(2)7-8-18(24)3/h5-14H,4,15-16H2,1-3H3,(H,27,30)(H,28,32). The van der Waals surface area contributed by atoms with Crippen molar-refractivity contribution in [2.24, 2.45) is 0 Å². The van der Waals surface area contributed by atoms with Crippen LogP contribution in [0.1, 0.15) is 28.5 Å². The van der Waals surface area contributed by atoms with Gasteiger partial charge in [0.1, 0.15) is 5.75 Å². The molecular weight excluding hydrogens is 450 g/mol. The first kappa shape index (κ1) is 23.0. The Balaban J connectivity index is 1.65.